The van der Waals surface area contributed by atoms with Gasteiger partial charge in [-0.15, -0.1) is 0 Å². The van der Waals surface area contributed by atoms with Gasteiger partial charge in [-0.1, -0.05) is 41.5 Å². The maximum atomic E-state index is 13.8. The summed E-state index contributed by atoms with van der Waals surface area (Å²) in [6.07, 6.45) is -3.79. The zero-order chi connectivity index (χ0) is 33.0. The van der Waals surface area contributed by atoms with Crippen molar-refractivity contribution in [3.05, 3.63) is 0 Å². The number of carbonyl (C=O) groups is 1. The van der Waals surface area contributed by atoms with Crippen LogP contribution in [0.5, 0.6) is 0 Å². The average molecular weight is 617 g/mol. The Morgan fingerprint density at radius 3 is 2.09 bits per heavy atom. The Balaban J connectivity index is 2.53. The molecule has 10 nitrogen and oxygen atoms in total. The van der Waals surface area contributed by atoms with Gasteiger partial charge in [0.2, 0.25) is 0 Å². The fourth-order valence-electron chi connectivity index (χ4n) is 7.49. The van der Waals surface area contributed by atoms with E-state index in [1.54, 1.807) is 27.7 Å². The van der Waals surface area contributed by atoms with Crippen molar-refractivity contribution in [2.24, 2.45) is 23.7 Å². The van der Waals surface area contributed by atoms with Crippen molar-refractivity contribution in [3.63, 3.8) is 0 Å². The number of ether oxygens (including phenoxy) is 3. The number of aliphatic hydroxyl groups excluding tert-OH is 2. The molecule has 0 radical (unpaired) electrons. The summed E-state index contributed by atoms with van der Waals surface area (Å²) in [5, 5.41) is 46.0. The minimum atomic E-state index is -1.72. The minimum Gasteiger partial charge on any atom is -0.459 e. The predicted octanol–water partition coefficient (Wildman–Crippen LogP) is 3.03. The number of hydrogen-bond acceptors (Lipinski definition) is 10. The molecule has 0 amide bonds. The molecule has 0 aliphatic carbocycles. The first-order chi connectivity index (χ1) is 19.8. The highest BCUT2D eigenvalue weighted by Crippen LogP contribution is 2.36. The lowest BCUT2D eigenvalue weighted by Crippen LogP contribution is -2.59. The monoisotopic (exact) mass is 616 g/mol. The summed E-state index contributed by atoms with van der Waals surface area (Å²) in [6, 6.07) is -0.248. The molecule has 0 bridgehead atoms. The zero-order valence-corrected chi connectivity index (χ0v) is 29.0. The second-order valence-electron chi connectivity index (χ2n) is 14.2. The largest absolute Gasteiger partial charge is 0.459 e. The van der Waals surface area contributed by atoms with Crippen molar-refractivity contribution in [2.75, 3.05) is 26.7 Å². The number of hydrogen-bond donors (Lipinski definition) is 4. The summed E-state index contributed by atoms with van der Waals surface area (Å²) in [4.78, 5) is 18.1. The van der Waals surface area contributed by atoms with Crippen LogP contribution in [0.15, 0.2) is 0 Å². The fraction of sp³-hybridized carbons (Fsp3) is 0.970. The van der Waals surface area contributed by atoms with Crippen LogP contribution < -0.4 is 0 Å². The van der Waals surface area contributed by atoms with Crippen LogP contribution in [-0.2, 0) is 19.0 Å². The molecule has 43 heavy (non-hydrogen) atoms. The molecular weight excluding hydrogens is 552 g/mol. The lowest BCUT2D eigenvalue weighted by Gasteiger charge is -2.46. The van der Waals surface area contributed by atoms with Crippen molar-refractivity contribution in [1.29, 1.82) is 0 Å². The van der Waals surface area contributed by atoms with Crippen molar-refractivity contribution in [1.82, 2.24) is 9.80 Å². The van der Waals surface area contributed by atoms with Crippen LogP contribution in [0.25, 0.3) is 0 Å². The summed E-state index contributed by atoms with van der Waals surface area (Å²) in [5.74, 6) is -1.91. The molecule has 2 heterocycles. The average Bonchev–Trinajstić information content (AvgIpc) is 2.94. The normalized spacial score (nSPS) is 46.7. The lowest BCUT2D eigenvalue weighted by atomic mass is 9.78. The smallest absolute Gasteiger partial charge is 0.311 e. The van der Waals surface area contributed by atoms with Gasteiger partial charge >= 0.3 is 5.97 Å². The SMILES string of the molecule is CC[C@H]1OC(=O)[C@H](C)[C@@H](O[C@H]2CC(N(CC)CC)[C@H](C)C(C)O2)[C@H](C)[C@@H](O)[C@](C)(O)C[C@@H](C)CN(C)[C@H](C)[C@@H](O)[C@]1(C)O. The molecule has 10 heteroatoms. The Morgan fingerprint density at radius 1 is 0.977 bits per heavy atom. The van der Waals surface area contributed by atoms with E-state index >= 15 is 0 Å². The van der Waals surface area contributed by atoms with Gasteiger partial charge in [-0.05, 0) is 79.4 Å². The molecule has 2 saturated heterocycles. The lowest BCUT2D eigenvalue weighted by molar-refractivity contribution is -0.261. The molecular formula is C33H64N2O8. The highest BCUT2D eigenvalue weighted by Gasteiger charge is 2.48. The van der Waals surface area contributed by atoms with Crippen LogP contribution >= 0.6 is 0 Å². The molecule has 254 valence electrons. The molecule has 14 atom stereocenters. The number of rotatable bonds is 6. The third kappa shape index (κ3) is 8.91. The third-order valence-corrected chi connectivity index (χ3v) is 10.6. The van der Waals surface area contributed by atoms with E-state index in [-0.39, 0.29) is 30.4 Å². The molecule has 2 rings (SSSR count). The maximum absolute atomic E-state index is 13.8. The van der Waals surface area contributed by atoms with Crippen molar-refractivity contribution < 1.29 is 39.4 Å². The van der Waals surface area contributed by atoms with Gasteiger partial charge in [0.1, 0.15) is 17.8 Å². The summed E-state index contributed by atoms with van der Waals surface area (Å²) < 4.78 is 18.9. The topological polar surface area (TPSA) is 132 Å². The van der Waals surface area contributed by atoms with E-state index in [4.69, 9.17) is 14.2 Å². The first kappa shape index (κ1) is 38.3. The van der Waals surface area contributed by atoms with Gasteiger partial charge in [-0.3, -0.25) is 4.79 Å². The summed E-state index contributed by atoms with van der Waals surface area (Å²) in [7, 11) is 1.85. The van der Waals surface area contributed by atoms with E-state index in [1.807, 2.05) is 32.7 Å². The van der Waals surface area contributed by atoms with Crippen LogP contribution in [0.2, 0.25) is 0 Å². The Hall–Kier alpha value is -0.850. The third-order valence-electron chi connectivity index (χ3n) is 10.6. The van der Waals surface area contributed by atoms with E-state index in [2.05, 4.69) is 25.7 Å². The zero-order valence-electron chi connectivity index (χ0n) is 29.0. The number of aliphatic hydroxyl groups is 4. The highest BCUT2D eigenvalue weighted by molar-refractivity contribution is 5.73. The first-order valence-electron chi connectivity index (χ1n) is 16.6. The molecule has 0 spiro atoms. The van der Waals surface area contributed by atoms with E-state index in [0.717, 1.165) is 13.1 Å². The Kier molecular flexibility index (Phi) is 13.9. The number of carbonyl (C=O) groups excluding carboxylic acids is 1. The van der Waals surface area contributed by atoms with Gasteiger partial charge in [-0.25, -0.2) is 0 Å². The number of nitrogens with zero attached hydrogens (tertiary/aromatic N) is 2. The molecule has 0 saturated carbocycles. The maximum Gasteiger partial charge on any atom is 0.311 e. The van der Waals surface area contributed by atoms with Gasteiger partial charge < -0.3 is 44.4 Å². The standard InChI is InChI=1S/C33H64N2O8/c1-13-26-33(11,40)30(37)23(8)34(12)18-19(4)17-32(10,39)29(36)21(6)28(22(7)31(38)42-26)43-27-16-25(35(14-2)15-3)20(5)24(9)41-27/h19-30,36-37,39-40H,13-18H2,1-12H3/t19-,20-,21+,22-,23-,24?,25?,26-,27+,28+,29-,30-,32-,33-/m1/s1. The minimum absolute atomic E-state index is 0.0536. The molecule has 2 unspecified atom stereocenters. The summed E-state index contributed by atoms with van der Waals surface area (Å²) >= 11 is 0. The van der Waals surface area contributed by atoms with E-state index in [0.29, 0.717) is 19.4 Å². The number of cyclic esters (lactones) is 1. The molecule has 0 aromatic heterocycles. The molecule has 2 fully saturated rings. The summed E-state index contributed by atoms with van der Waals surface area (Å²) in [6.45, 7) is 23.0. The quantitative estimate of drug-likeness (QED) is 0.330. The van der Waals surface area contributed by atoms with E-state index in [9.17, 15) is 25.2 Å². The van der Waals surface area contributed by atoms with Gasteiger partial charge in [0, 0.05) is 31.0 Å². The van der Waals surface area contributed by atoms with Crippen LogP contribution in [0.4, 0.5) is 0 Å². The van der Waals surface area contributed by atoms with E-state index < -0.39 is 65.8 Å². The first-order valence-corrected chi connectivity index (χ1v) is 16.6. The molecule has 2 aliphatic heterocycles. The molecule has 4 N–H and O–H groups in total. The number of esters is 1. The second-order valence-corrected chi connectivity index (χ2v) is 14.2. The van der Waals surface area contributed by atoms with Gasteiger partial charge in [0.15, 0.2) is 6.29 Å². The van der Waals surface area contributed by atoms with Crippen LogP contribution in [0.1, 0.15) is 95.4 Å². The number of likely N-dealkylation sites (N-methyl/N-ethyl adjacent to an activating group) is 1. The Labute approximate surface area is 261 Å². The van der Waals surface area contributed by atoms with Crippen LogP contribution in [0, 0.1) is 23.7 Å². The van der Waals surface area contributed by atoms with Gasteiger partial charge in [0.05, 0.1) is 29.8 Å². The van der Waals surface area contributed by atoms with Crippen molar-refractivity contribution in [2.45, 2.75) is 156 Å². The predicted molar refractivity (Wildman–Crippen MR) is 167 cm³/mol. The second kappa shape index (κ2) is 15.6. The summed E-state index contributed by atoms with van der Waals surface area (Å²) in [5.41, 5.74) is -3.20. The Morgan fingerprint density at radius 2 is 1.56 bits per heavy atom. The van der Waals surface area contributed by atoms with Crippen molar-refractivity contribution >= 4 is 5.97 Å². The Bertz CT molecular complexity index is 866. The van der Waals surface area contributed by atoms with Crippen LogP contribution in [-0.4, -0.2) is 123 Å². The van der Waals surface area contributed by atoms with Crippen molar-refractivity contribution in [3.8, 4) is 0 Å². The molecule has 2 aliphatic rings. The van der Waals surface area contributed by atoms with E-state index in [1.165, 1.54) is 6.92 Å². The molecule has 0 aromatic rings. The highest BCUT2D eigenvalue weighted by atomic mass is 16.7. The fourth-order valence-corrected chi connectivity index (χ4v) is 7.49. The van der Waals surface area contributed by atoms with Crippen LogP contribution in [0.3, 0.4) is 0 Å². The molecule has 0 aromatic carbocycles. The van der Waals surface area contributed by atoms with Gasteiger partial charge in [-0.2, -0.15) is 0 Å². The van der Waals surface area contributed by atoms with Gasteiger partial charge in [0.25, 0.3) is 0 Å².